The van der Waals surface area contributed by atoms with Gasteiger partial charge in [-0.15, -0.1) is 6.58 Å². The van der Waals surface area contributed by atoms with Crippen molar-refractivity contribution in [3.05, 3.63) is 163 Å². The smallest absolute Gasteiger partial charge is 0.0463 e. The summed E-state index contributed by atoms with van der Waals surface area (Å²) in [6.07, 6.45) is 8.04. The minimum absolute atomic E-state index is 0.133. The first kappa shape index (κ1) is 34.5. The molecule has 0 atom stereocenters. The highest BCUT2D eigenvalue weighted by Gasteiger charge is 2.21. The molecule has 0 aromatic heterocycles. The number of rotatable bonds is 14. The van der Waals surface area contributed by atoms with Crippen LogP contribution in [0.2, 0.25) is 0 Å². The van der Waals surface area contributed by atoms with Crippen LogP contribution in [0.15, 0.2) is 141 Å². The Morgan fingerprint density at radius 3 is 1.10 bits per heavy atom. The molecule has 2 heteroatoms. The maximum absolute atomic E-state index is 3.96. The fourth-order valence-corrected chi connectivity index (χ4v) is 6.02. The Hall–Kier alpha value is -4.82. The van der Waals surface area contributed by atoms with Gasteiger partial charge in [-0.05, 0) is 132 Å². The van der Waals surface area contributed by atoms with Gasteiger partial charge in [0.05, 0.1) is 0 Å². The minimum Gasteiger partial charge on any atom is -0.311 e. The highest BCUT2D eigenvalue weighted by atomic mass is 15.2. The third kappa shape index (κ3) is 7.66. The number of benzene rings is 5. The molecule has 0 amide bonds. The number of hydrogen-bond acceptors (Lipinski definition) is 2. The molecule has 0 bridgehead atoms. The van der Waals surface area contributed by atoms with Crippen LogP contribution in [-0.2, 0) is 17.3 Å². The average molecular weight is 633 g/mol. The van der Waals surface area contributed by atoms with Gasteiger partial charge in [-0.3, -0.25) is 0 Å². The van der Waals surface area contributed by atoms with Crippen molar-refractivity contribution in [2.45, 2.75) is 78.1 Å². The van der Waals surface area contributed by atoms with E-state index in [0.29, 0.717) is 0 Å². The lowest BCUT2D eigenvalue weighted by molar-refractivity contribution is 0.506. The summed E-state index contributed by atoms with van der Waals surface area (Å²) in [7, 11) is 0. The lowest BCUT2D eigenvalue weighted by Crippen LogP contribution is -2.16. The summed E-state index contributed by atoms with van der Waals surface area (Å²) < 4.78 is 0. The van der Waals surface area contributed by atoms with Gasteiger partial charge in [0.2, 0.25) is 0 Å². The van der Waals surface area contributed by atoms with Crippen molar-refractivity contribution in [2.75, 3.05) is 9.80 Å². The van der Waals surface area contributed by atoms with Crippen LogP contribution in [-0.4, -0.2) is 0 Å². The van der Waals surface area contributed by atoms with E-state index in [9.17, 15) is 0 Å². The van der Waals surface area contributed by atoms with E-state index < -0.39 is 0 Å². The molecular formula is C46H52N2. The van der Waals surface area contributed by atoms with Gasteiger partial charge in [0.25, 0.3) is 0 Å². The van der Waals surface area contributed by atoms with Crippen LogP contribution in [0.1, 0.15) is 83.1 Å². The summed E-state index contributed by atoms with van der Waals surface area (Å²) in [5, 5.41) is 0. The standard InChI is InChI=1S/C46H52N2/c1-9-13-14-36-17-25-40(26-18-36)48(42-29-21-38(22-30-42)46(7,8)12-4)44-33-31-43(32-34-44)47(39-23-15-35(10-2)16-24-39)41-27-19-37(20-28-41)45(5,6)11-3/h9-10,15-34H,1-2,11-14H2,3-8H3. The lowest BCUT2D eigenvalue weighted by atomic mass is 9.82. The van der Waals surface area contributed by atoms with E-state index in [0.717, 1.165) is 65.4 Å². The zero-order chi connectivity index (χ0) is 34.3. The molecule has 5 aromatic carbocycles. The summed E-state index contributed by atoms with van der Waals surface area (Å²) in [6.45, 7) is 21.6. The fraction of sp³-hybridized carbons (Fsp3) is 0.261. The number of anilines is 6. The van der Waals surface area contributed by atoms with Crippen LogP contribution >= 0.6 is 0 Å². The fourth-order valence-electron chi connectivity index (χ4n) is 6.02. The Balaban J connectivity index is 1.56. The Morgan fingerprint density at radius 2 is 0.792 bits per heavy atom. The number of aryl methyl sites for hydroxylation is 1. The Bertz CT molecular complexity index is 1770. The molecule has 48 heavy (non-hydrogen) atoms. The molecule has 0 aliphatic heterocycles. The van der Waals surface area contributed by atoms with Crippen molar-refractivity contribution in [3.63, 3.8) is 0 Å². The Morgan fingerprint density at radius 1 is 0.479 bits per heavy atom. The second-order valence-electron chi connectivity index (χ2n) is 14.0. The van der Waals surface area contributed by atoms with Gasteiger partial charge in [-0.1, -0.05) is 109 Å². The molecule has 0 heterocycles. The molecule has 246 valence electrons. The molecule has 0 fully saturated rings. The van der Waals surface area contributed by atoms with Crippen molar-refractivity contribution in [1.29, 1.82) is 0 Å². The van der Waals surface area contributed by atoms with Crippen molar-refractivity contribution in [1.82, 2.24) is 0 Å². The van der Waals surface area contributed by atoms with E-state index in [4.69, 9.17) is 0 Å². The van der Waals surface area contributed by atoms with Gasteiger partial charge in [0.15, 0.2) is 0 Å². The molecule has 2 nitrogen and oxygen atoms in total. The Kier molecular flexibility index (Phi) is 10.7. The van der Waals surface area contributed by atoms with Crippen molar-refractivity contribution >= 4 is 40.2 Å². The first-order valence-electron chi connectivity index (χ1n) is 17.4. The summed E-state index contributed by atoms with van der Waals surface area (Å²) in [5.41, 5.74) is 12.1. The van der Waals surface area contributed by atoms with E-state index in [1.807, 2.05) is 12.2 Å². The van der Waals surface area contributed by atoms with E-state index in [-0.39, 0.29) is 10.8 Å². The van der Waals surface area contributed by atoms with Crippen LogP contribution in [0.3, 0.4) is 0 Å². The quantitative estimate of drug-likeness (QED) is 0.112. The van der Waals surface area contributed by atoms with Crippen LogP contribution in [0.25, 0.3) is 6.08 Å². The summed E-state index contributed by atoms with van der Waals surface area (Å²) >= 11 is 0. The molecule has 0 aliphatic rings. The normalized spacial score (nSPS) is 11.6. The molecule has 5 aromatic rings. The second-order valence-corrected chi connectivity index (χ2v) is 14.0. The predicted molar refractivity (Wildman–Crippen MR) is 211 cm³/mol. The number of hydrogen-bond donors (Lipinski definition) is 0. The molecule has 0 radical (unpaired) electrons. The van der Waals surface area contributed by atoms with Crippen molar-refractivity contribution in [3.8, 4) is 0 Å². The summed E-state index contributed by atoms with van der Waals surface area (Å²) in [5.74, 6) is 0. The van der Waals surface area contributed by atoms with Crippen LogP contribution in [0.4, 0.5) is 34.1 Å². The Labute approximate surface area is 290 Å². The van der Waals surface area contributed by atoms with Crippen molar-refractivity contribution in [2.24, 2.45) is 0 Å². The van der Waals surface area contributed by atoms with Gasteiger partial charge >= 0.3 is 0 Å². The minimum atomic E-state index is 0.133. The maximum Gasteiger partial charge on any atom is 0.0463 e. The highest BCUT2D eigenvalue weighted by molar-refractivity contribution is 5.81. The lowest BCUT2D eigenvalue weighted by Gasteiger charge is -2.30. The zero-order valence-electron chi connectivity index (χ0n) is 29.8. The molecule has 0 unspecified atom stereocenters. The van der Waals surface area contributed by atoms with Gasteiger partial charge in [0, 0.05) is 34.1 Å². The third-order valence-electron chi connectivity index (χ3n) is 10.2. The molecule has 5 rings (SSSR count). The second kappa shape index (κ2) is 14.9. The van der Waals surface area contributed by atoms with E-state index in [1.165, 1.54) is 16.7 Å². The van der Waals surface area contributed by atoms with Crippen LogP contribution in [0, 0.1) is 0 Å². The van der Waals surface area contributed by atoms with E-state index >= 15 is 0 Å². The maximum atomic E-state index is 3.96. The van der Waals surface area contributed by atoms with Gasteiger partial charge in [-0.25, -0.2) is 0 Å². The predicted octanol–water partition coefficient (Wildman–Crippen LogP) is 13.8. The SMILES string of the molecule is C=CCCc1ccc(N(c2ccc(N(c3ccc(C=C)cc3)c3ccc(C(C)(C)CC)cc3)cc2)c2ccc(C(C)(C)CC)cc2)cc1. The first-order valence-corrected chi connectivity index (χ1v) is 17.4. The summed E-state index contributed by atoms with van der Waals surface area (Å²) in [6, 6.07) is 44.7. The molecular weight excluding hydrogens is 581 g/mol. The molecule has 0 saturated carbocycles. The molecule has 0 spiro atoms. The molecule has 0 aliphatic carbocycles. The topological polar surface area (TPSA) is 6.48 Å². The largest absolute Gasteiger partial charge is 0.311 e. The molecule has 0 saturated heterocycles. The van der Waals surface area contributed by atoms with Gasteiger partial charge in [0.1, 0.15) is 0 Å². The zero-order valence-corrected chi connectivity index (χ0v) is 29.8. The highest BCUT2D eigenvalue weighted by Crippen LogP contribution is 2.40. The van der Waals surface area contributed by atoms with Crippen LogP contribution in [0.5, 0.6) is 0 Å². The molecule has 0 N–H and O–H groups in total. The number of nitrogens with zero attached hydrogens (tertiary/aromatic N) is 2. The third-order valence-corrected chi connectivity index (χ3v) is 10.2. The average Bonchev–Trinajstić information content (AvgIpc) is 3.13. The monoisotopic (exact) mass is 632 g/mol. The van der Waals surface area contributed by atoms with Crippen molar-refractivity contribution < 1.29 is 0 Å². The number of allylic oxidation sites excluding steroid dienone is 1. The van der Waals surface area contributed by atoms with E-state index in [1.54, 1.807) is 0 Å². The summed E-state index contributed by atoms with van der Waals surface area (Å²) in [4.78, 5) is 4.69. The van der Waals surface area contributed by atoms with E-state index in [2.05, 4.69) is 186 Å². The van der Waals surface area contributed by atoms with Crippen LogP contribution < -0.4 is 9.80 Å². The van der Waals surface area contributed by atoms with Gasteiger partial charge in [-0.2, -0.15) is 0 Å². The first-order chi connectivity index (χ1) is 23.1. The van der Waals surface area contributed by atoms with Gasteiger partial charge < -0.3 is 9.80 Å².